The molecule has 0 unspecified atom stereocenters. The summed E-state index contributed by atoms with van der Waals surface area (Å²) in [5.74, 6) is 1.12. The normalized spacial score (nSPS) is 12.7. The average Bonchev–Trinajstić information content (AvgIpc) is 3.16. The molecule has 2 heterocycles. The van der Waals surface area contributed by atoms with E-state index in [2.05, 4.69) is 4.98 Å². The quantitative estimate of drug-likeness (QED) is 0.480. The Balaban J connectivity index is 1.99. The Hall–Kier alpha value is -3.00. The molecule has 0 aliphatic rings. The number of esters is 1. The van der Waals surface area contributed by atoms with Crippen LogP contribution in [0.2, 0.25) is 0 Å². The lowest BCUT2D eigenvalue weighted by Crippen LogP contribution is -2.45. The molecule has 0 fully saturated rings. The van der Waals surface area contributed by atoms with Gasteiger partial charge in [-0.2, -0.15) is 0 Å². The fourth-order valence-electron chi connectivity index (χ4n) is 3.39. The van der Waals surface area contributed by atoms with Gasteiger partial charge in [0.05, 0.1) is 25.9 Å². The van der Waals surface area contributed by atoms with Gasteiger partial charge < -0.3 is 28.1 Å². The zero-order valence-corrected chi connectivity index (χ0v) is 18.1. The molecule has 8 heteroatoms. The zero-order valence-electron chi connectivity index (χ0n) is 18.1. The van der Waals surface area contributed by atoms with Crippen molar-refractivity contribution in [2.45, 2.75) is 39.4 Å². The van der Waals surface area contributed by atoms with Gasteiger partial charge in [-0.05, 0) is 39.0 Å². The molecule has 0 bridgehead atoms. The van der Waals surface area contributed by atoms with Crippen LogP contribution in [0, 0.1) is 0 Å². The SMILES string of the molecule is CCOC(C)(C)[C@@H](COc1ccc2c(OC)c3ccoc3nc2c1OC)OC(C)=O. The number of aromatic nitrogens is 1. The van der Waals surface area contributed by atoms with Crippen molar-refractivity contribution in [2.24, 2.45) is 0 Å². The first-order chi connectivity index (χ1) is 14.3. The van der Waals surface area contributed by atoms with Crippen molar-refractivity contribution in [1.29, 1.82) is 0 Å². The second kappa shape index (κ2) is 8.79. The summed E-state index contributed by atoms with van der Waals surface area (Å²) in [6.45, 7) is 7.50. The molecular formula is C22H27NO7. The van der Waals surface area contributed by atoms with E-state index in [4.69, 9.17) is 28.1 Å². The standard InChI is InChI=1S/C22H27NO7/c1-7-29-22(3,4)17(30-13(2)24)12-28-16-9-8-14-18(20(16)26-6)23-21-15(10-11-27-21)19(14)25-5/h8-11,17H,7,12H2,1-6H3/t17-/m1/s1. The van der Waals surface area contributed by atoms with Crippen LogP contribution in [0.4, 0.5) is 0 Å². The number of benzene rings is 1. The summed E-state index contributed by atoms with van der Waals surface area (Å²) in [6.07, 6.45) is 0.938. The Morgan fingerprint density at radius 1 is 1.13 bits per heavy atom. The summed E-state index contributed by atoms with van der Waals surface area (Å²) >= 11 is 0. The number of nitrogens with zero attached hydrogens (tertiary/aromatic N) is 1. The van der Waals surface area contributed by atoms with Crippen molar-refractivity contribution in [2.75, 3.05) is 27.4 Å². The Morgan fingerprint density at radius 3 is 2.50 bits per heavy atom. The van der Waals surface area contributed by atoms with E-state index in [1.165, 1.54) is 14.0 Å². The van der Waals surface area contributed by atoms with Crippen LogP contribution in [0.3, 0.4) is 0 Å². The maximum absolute atomic E-state index is 11.6. The Morgan fingerprint density at radius 2 is 1.87 bits per heavy atom. The second-order valence-electron chi connectivity index (χ2n) is 7.22. The summed E-state index contributed by atoms with van der Waals surface area (Å²) in [5.41, 5.74) is 0.249. The largest absolute Gasteiger partial charge is 0.495 e. The van der Waals surface area contributed by atoms with Crippen LogP contribution < -0.4 is 14.2 Å². The highest BCUT2D eigenvalue weighted by Crippen LogP contribution is 2.41. The summed E-state index contributed by atoms with van der Waals surface area (Å²) < 4.78 is 33.9. The van der Waals surface area contributed by atoms with Crippen molar-refractivity contribution >= 4 is 28.0 Å². The number of carbonyl (C=O) groups is 1. The predicted molar refractivity (Wildman–Crippen MR) is 111 cm³/mol. The van der Waals surface area contributed by atoms with Gasteiger partial charge in [-0.1, -0.05) is 0 Å². The van der Waals surface area contributed by atoms with E-state index in [0.717, 1.165) is 10.8 Å². The fraction of sp³-hybridized carbons (Fsp3) is 0.455. The average molecular weight is 417 g/mol. The Bertz CT molecular complexity index is 1040. The highest BCUT2D eigenvalue weighted by Gasteiger charge is 2.34. The molecule has 162 valence electrons. The van der Waals surface area contributed by atoms with E-state index in [-0.39, 0.29) is 6.61 Å². The molecule has 3 rings (SSSR count). The number of ether oxygens (including phenoxy) is 5. The van der Waals surface area contributed by atoms with Crippen molar-refractivity contribution in [3.05, 3.63) is 24.5 Å². The third-order valence-corrected chi connectivity index (χ3v) is 4.84. The molecule has 0 aliphatic carbocycles. The molecule has 0 spiro atoms. The number of rotatable bonds is 9. The maximum Gasteiger partial charge on any atom is 0.303 e. The molecule has 8 nitrogen and oxygen atoms in total. The number of hydrogen-bond donors (Lipinski definition) is 0. The van der Waals surface area contributed by atoms with Gasteiger partial charge in [-0.25, -0.2) is 4.98 Å². The highest BCUT2D eigenvalue weighted by molar-refractivity contribution is 6.02. The minimum absolute atomic E-state index is 0.0780. The third-order valence-electron chi connectivity index (χ3n) is 4.84. The van der Waals surface area contributed by atoms with Crippen LogP contribution in [-0.2, 0) is 14.3 Å². The van der Waals surface area contributed by atoms with E-state index in [9.17, 15) is 4.79 Å². The molecule has 0 amide bonds. The molecule has 0 radical (unpaired) electrons. The van der Waals surface area contributed by atoms with Crippen LogP contribution in [0.1, 0.15) is 27.7 Å². The van der Waals surface area contributed by atoms with Gasteiger partial charge in [0, 0.05) is 18.9 Å². The topological polar surface area (TPSA) is 89.2 Å². The molecular weight excluding hydrogens is 390 g/mol. The van der Waals surface area contributed by atoms with Crippen LogP contribution in [0.15, 0.2) is 28.9 Å². The van der Waals surface area contributed by atoms with Crippen molar-refractivity contribution in [3.8, 4) is 17.2 Å². The summed E-state index contributed by atoms with van der Waals surface area (Å²) in [7, 11) is 3.13. The smallest absolute Gasteiger partial charge is 0.303 e. The predicted octanol–water partition coefficient (Wildman–Crippen LogP) is 4.12. The van der Waals surface area contributed by atoms with E-state index in [0.29, 0.717) is 35.1 Å². The van der Waals surface area contributed by atoms with Crippen LogP contribution in [0.25, 0.3) is 22.0 Å². The molecule has 0 saturated heterocycles. The molecule has 30 heavy (non-hydrogen) atoms. The van der Waals surface area contributed by atoms with E-state index in [1.54, 1.807) is 25.5 Å². The molecule has 0 N–H and O–H groups in total. The summed E-state index contributed by atoms with van der Waals surface area (Å²) in [6, 6.07) is 5.42. The van der Waals surface area contributed by atoms with Crippen molar-refractivity contribution in [3.63, 3.8) is 0 Å². The number of methoxy groups -OCH3 is 2. The van der Waals surface area contributed by atoms with Crippen molar-refractivity contribution in [1.82, 2.24) is 4.98 Å². The highest BCUT2D eigenvalue weighted by atomic mass is 16.6. The number of fused-ring (bicyclic) bond motifs is 2. The molecule has 1 atom stereocenters. The van der Waals surface area contributed by atoms with Crippen LogP contribution in [-0.4, -0.2) is 50.1 Å². The van der Waals surface area contributed by atoms with Gasteiger partial charge in [0.25, 0.3) is 0 Å². The van der Waals surface area contributed by atoms with Crippen LogP contribution in [0.5, 0.6) is 17.2 Å². The minimum Gasteiger partial charge on any atom is -0.495 e. The van der Waals surface area contributed by atoms with Gasteiger partial charge in [0.15, 0.2) is 17.6 Å². The first kappa shape index (κ1) is 21.7. The van der Waals surface area contributed by atoms with Gasteiger partial charge >= 0.3 is 5.97 Å². The zero-order chi connectivity index (χ0) is 21.9. The lowest BCUT2D eigenvalue weighted by molar-refractivity contribution is -0.170. The van der Waals surface area contributed by atoms with Gasteiger partial charge in [-0.3, -0.25) is 4.79 Å². The molecule has 2 aromatic heterocycles. The molecule has 3 aromatic rings. The summed E-state index contributed by atoms with van der Waals surface area (Å²) in [5, 5.41) is 1.54. The van der Waals surface area contributed by atoms with Gasteiger partial charge in [0.1, 0.15) is 23.5 Å². The lowest BCUT2D eigenvalue weighted by Gasteiger charge is -2.33. The summed E-state index contributed by atoms with van der Waals surface area (Å²) in [4.78, 5) is 16.2. The lowest BCUT2D eigenvalue weighted by atomic mass is 10.0. The fourth-order valence-corrected chi connectivity index (χ4v) is 3.39. The van der Waals surface area contributed by atoms with Crippen LogP contribution >= 0.6 is 0 Å². The number of furan rings is 1. The Labute approximate surface area is 175 Å². The Kier molecular flexibility index (Phi) is 6.36. The van der Waals surface area contributed by atoms with E-state index >= 15 is 0 Å². The first-order valence-electron chi connectivity index (χ1n) is 9.68. The number of hydrogen-bond acceptors (Lipinski definition) is 8. The van der Waals surface area contributed by atoms with E-state index in [1.807, 2.05) is 26.8 Å². The third kappa shape index (κ3) is 4.14. The second-order valence-corrected chi connectivity index (χ2v) is 7.22. The van der Waals surface area contributed by atoms with Crippen molar-refractivity contribution < 1.29 is 32.9 Å². The minimum atomic E-state index is -0.730. The number of carbonyl (C=O) groups excluding carboxylic acids is 1. The molecule has 0 aliphatic heterocycles. The molecule has 1 aromatic carbocycles. The molecule has 0 saturated carbocycles. The first-order valence-corrected chi connectivity index (χ1v) is 9.68. The number of pyridine rings is 1. The van der Waals surface area contributed by atoms with Gasteiger partial charge in [-0.15, -0.1) is 0 Å². The monoisotopic (exact) mass is 417 g/mol. The van der Waals surface area contributed by atoms with Gasteiger partial charge in [0.2, 0.25) is 5.71 Å². The maximum atomic E-state index is 11.6. The van der Waals surface area contributed by atoms with E-state index < -0.39 is 17.7 Å².